The molecule has 3 heteroatoms. The van der Waals surface area contributed by atoms with Crippen LogP contribution in [0.1, 0.15) is 59.3 Å². The van der Waals surface area contributed by atoms with Crippen molar-refractivity contribution in [2.24, 2.45) is 11.8 Å². The minimum Gasteiger partial charge on any atom is -0.388 e. The maximum atomic E-state index is 12.0. The second kappa shape index (κ2) is 6.39. The van der Waals surface area contributed by atoms with Crippen LogP contribution in [0.3, 0.4) is 0 Å². The highest BCUT2D eigenvalue weighted by Gasteiger charge is 2.27. The fourth-order valence-electron chi connectivity index (χ4n) is 2.42. The summed E-state index contributed by atoms with van der Waals surface area (Å²) in [6.07, 6.45) is 5.69. The lowest BCUT2D eigenvalue weighted by molar-refractivity contribution is -0.127. The van der Waals surface area contributed by atoms with Crippen LogP contribution in [0, 0.1) is 11.8 Å². The molecule has 0 aromatic heterocycles. The Hall–Kier alpha value is -0.570. The Bertz CT molecular complexity index is 241. The molecule has 0 spiro atoms. The number of amides is 1. The van der Waals surface area contributed by atoms with E-state index >= 15 is 0 Å². The number of carbonyl (C=O) groups is 1. The summed E-state index contributed by atoms with van der Waals surface area (Å²) >= 11 is 0. The maximum absolute atomic E-state index is 12.0. The van der Waals surface area contributed by atoms with E-state index in [9.17, 15) is 9.90 Å². The fourth-order valence-corrected chi connectivity index (χ4v) is 2.42. The van der Waals surface area contributed by atoms with Gasteiger partial charge < -0.3 is 10.4 Å². The molecule has 1 aliphatic rings. The smallest absolute Gasteiger partial charge is 0.223 e. The zero-order valence-electron chi connectivity index (χ0n) is 11.5. The van der Waals surface area contributed by atoms with E-state index in [0.29, 0.717) is 19.4 Å². The Balaban J connectivity index is 2.34. The fraction of sp³-hybridized carbons (Fsp3) is 0.929. The summed E-state index contributed by atoms with van der Waals surface area (Å²) in [4.78, 5) is 12.0. The summed E-state index contributed by atoms with van der Waals surface area (Å²) in [6.45, 7) is 6.56. The number of nitrogens with one attached hydrogen (secondary N) is 1. The normalized spacial score (nSPS) is 25.6. The number of hydrogen-bond donors (Lipinski definition) is 2. The van der Waals surface area contributed by atoms with Crippen LogP contribution in [-0.4, -0.2) is 23.2 Å². The van der Waals surface area contributed by atoms with Crippen molar-refractivity contribution in [1.82, 2.24) is 5.32 Å². The second-order valence-electron chi connectivity index (χ2n) is 5.61. The third-order valence-electron chi connectivity index (χ3n) is 4.29. The first-order valence-corrected chi connectivity index (χ1v) is 7.01. The van der Waals surface area contributed by atoms with Gasteiger partial charge in [0.05, 0.1) is 5.60 Å². The summed E-state index contributed by atoms with van der Waals surface area (Å²) in [5.41, 5.74) is -0.725. The van der Waals surface area contributed by atoms with Crippen molar-refractivity contribution >= 4 is 5.91 Å². The molecule has 0 heterocycles. The molecule has 0 unspecified atom stereocenters. The average molecular weight is 241 g/mol. The van der Waals surface area contributed by atoms with Crippen molar-refractivity contribution in [2.45, 2.75) is 64.9 Å². The first-order valence-electron chi connectivity index (χ1n) is 7.01. The van der Waals surface area contributed by atoms with Gasteiger partial charge in [-0.3, -0.25) is 4.79 Å². The minimum absolute atomic E-state index is 0.136. The molecule has 100 valence electrons. The molecule has 0 aliphatic heterocycles. The van der Waals surface area contributed by atoms with Gasteiger partial charge >= 0.3 is 0 Å². The maximum Gasteiger partial charge on any atom is 0.223 e. The van der Waals surface area contributed by atoms with Gasteiger partial charge in [-0.05, 0) is 44.4 Å². The highest BCUT2D eigenvalue weighted by Crippen LogP contribution is 2.28. The molecule has 17 heavy (non-hydrogen) atoms. The van der Waals surface area contributed by atoms with Gasteiger partial charge in [-0.2, -0.15) is 0 Å². The van der Waals surface area contributed by atoms with Crippen LogP contribution in [0.4, 0.5) is 0 Å². The zero-order valence-corrected chi connectivity index (χ0v) is 11.5. The molecular formula is C14H27NO2. The Morgan fingerprint density at radius 1 is 1.24 bits per heavy atom. The molecule has 0 bridgehead atoms. The van der Waals surface area contributed by atoms with Crippen molar-refractivity contribution < 1.29 is 9.90 Å². The zero-order chi connectivity index (χ0) is 12.9. The number of aliphatic hydroxyl groups is 1. The third kappa shape index (κ3) is 4.30. The Labute approximate surface area is 105 Å². The quantitative estimate of drug-likeness (QED) is 0.777. The van der Waals surface area contributed by atoms with E-state index in [2.05, 4.69) is 12.2 Å². The molecule has 0 atom stereocenters. The molecule has 0 radical (unpaired) electrons. The highest BCUT2D eigenvalue weighted by molar-refractivity contribution is 5.78. The standard InChI is InChI=1S/C14H27NO2/c1-4-14(17,5-2)10-15-13(16)12-8-6-11(3)7-9-12/h11-12,17H,4-10H2,1-3H3,(H,15,16). The molecular weight excluding hydrogens is 214 g/mol. The van der Waals surface area contributed by atoms with Gasteiger partial charge in [0.2, 0.25) is 5.91 Å². The predicted octanol–water partition coefficient (Wildman–Crippen LogP) is 2.48. The number of hydrogen-bond acceptors (Lipinski definition) is 2. The van der Waals surface area contributed by atoms with Crippen molar-refractivity contribution in [3.8, 4) is 0 Å². The molecule has 0 aromatic carbocycles. The molecule has 3 nitrogen and oxygen atoms in total. The highest BCUT2D eigenvalue weighted by atomic mass is 16.3. The summed E-state index contributed by atoms with van der Waals surface area (Å²) in [6, 6.07) is 0. The van der Waals surface area contributed by atoms with Gasteiger partial charge in [-0.1, -0.05) is 20.8 Å². The van der Waals surface area contributed by atoms with Gasteiger partial charge in [-0.25, -0.2) is 0 Å². The first-order chi connectivity index (χ1) is 8.00. The molecule has 0 aromatic rings. The summed E-state index contributed by atoms with van der Waals surface area (Å²) in [5, 5.41) is 13.0. The number of rotatable bonds is 5. The lowest BCUT2D eigenvalue weighted by Crippen LogP contribution is -2.44. The SMILES string of the molecule is CCC(O)(CC)CNC(=O)C1CCC(C)CC1. The predicted molar refractivity (Wildman–Crippen MR) is 69.7 cm³/mol. The van der Waals surface area contributed by atoms with Crippen LogP contribution in [0.2, 0.25) is 0 Å². The van der Waals surface area contributed by atoms with E-state index in [-0.39, 0.29) is 11.8 Å². The Morgan fingerprint density at radius 3 is 2.24 bits per heavy atom. The monoisotopic (exact) mass is 241 g/mol. The lowest BCUT2D eigenvalue weighted by atomic mass is 9.82. The Kier molecular flexibility index (Phi) is 5.44. The van der Waals surface area contributed by atoms with Crippen molar-refractivity contribution in [2.75, 3.05) is 6.54 Å². The van der Waals surface area contributed by atoms with E-state index in [0.717, 1.165) is 31.6 Å². The third-order valence-corrected chi connectivity index (χ3v) is 4.29. The summed E-state index contributed by atoms with van der Waals surface area (Å²) in [5.74, 6) is 1.07. The molecule has 1 amide bonds. The van der Waals surface area contributed by atoms with E-state index in [1.54, 1.807) is 0 Å². The van der Waals surface area contributed by atoms with Crippen LogP contribution >= 0.6 is 0 Å². The van der Waals surface area contributed by atoms with Gasteiger partial charge in [-0.15, -0.1) is 0 Å². The average Bonchev–Trinajstić information content (AvgIpc) is 2.36. The lowest BCUT2D eigenvalue weighted by Gasteiger charge is -2.29. The largest absolute Gasteiger partial charge is 0.388 e. The molecule has 1 fully saturated rings. The molecule has 1 aliphatic carbocycles. The van der Waals surface area contributed by atoms with Crippen LogP contribution < -0.4 is 5.32 Å². The van der Waals surface area contributed by atoms with Crippen molar-refractivity contribution in [3.63, 3.8) is 0 Å². The van der Waals surface area contributed by atoms with Crippen molar-refractivity contribution in [3.05, 3.63) is 0 Å². The van der Waals surface area contributed by atoms with Gasteiger partial charge in [0, 0.05) is 12.5 Å². The Morgan fingerprint density at radius 2 is 1.76 bits per heavy atom. The molecule has 0 saturated heterocycles. The molecule has 2 N–H and O–H groups in total. The summed E-state index contributed by atoms with van der Waals surface area (Å²) in [7, 11) is 0. The van der Waals surface area contributed by atoms with Gasteiger partial charge in [0.15, 0.2) is 0 Å². The van der Waals surface area contributed by atoms with Crippen LogP contribution in [0.5, 0.6) is 0 Å². The van der Waals surface area contributed by atoms with Crippen LogP contribution in [0.15, 0.2) is 0 Å². The summed E-state index contributed by atoms with van der Waals surface area (Å²) < 4.78 is 0. The topological polar surface area (TPSA) is 49.3 Å². The van der Waals surface area contributed by atoms with Crippen LogP contribution in [0.25, 0.3) is 0 Å². The van der Waals surface area contributed by atoms with Gasteiger partial charge in [0.25, 0.3) is 0 Å². The van der Waals surface area contributed by atoms with E-state index in [1.165, 1.54) is 0 Å². The molecule has 1 rings (SSSR count). The van der Waals surface area contributed by atoms with Gasteiger partial charge in [0.1, 0.15) is 0 Å². The van der Waals surface area contributed by atoms with Crippen molar-refractivity contribution in [1.29, 1.82) is 0 Å². The van der Waals surface area contributed by atoms with E-state index in [4.69, 9.17) is 0 Å². The minimum atomic E-state index is -0.725. The molecule has 1 saturated carbocycles. The number of carbonyl (C=O) groups excluding carboxylic acids is 1. The first kappa shape index (κ1) is 14.5. The van der Waals surface area contributed by atoms with E-state index in [1.807, 2.05) is 13.8 Å². The van der Waals surface area contributed by atoms with E-state index < -0.39 is 5.60 Å². The second-order valence-corrected chi connectivity index (χ2v) is 5.61. The van der Waals surface area contributed by atoms with Crippen LogP contribution in [-0.2, 0) is 4.79 Å².